The summed E-state index contributed by atoms with van der Waals surface area (Å²) in [5.41, 5.74) is 2.72. The number of nitrogens with one attached hydrogen (secondary N) is 2. The number of hydrogen-bond acceptors (Lipinski definition) is 4. The summed E-state index contributed by atoms with van der Waals surface area (Å²) in [5, 5.41) is 7.99. The number of thiazole rings is 1. The summed E-state index contributed by atoms with van der Waals surface area (Å²) in [6, 6.07) is 4.30. The van der Waals surface area contributed by atoms with E-state index in [-0.39, 0.29) is 17.9 Å². The number of ether oxygens (including phenoxy) is 1. The van der Waals surface area contributed by atoms with Crippen LogP contribution in [0.5, 0.6) is 0 Å². The molecule has 7 heteroatoms. The van der Waals surface area contributed by atoms with Crippen LogP contribution in [0.2, 0.25) is 0 Å². The normalized spacial score (nSPS) is 16.4. The molecule has 2 aromatic rings. The van der Waals surface area contributed by atoms with E-state index in [1.165, 1.54) is 23.5 Å². The van der Waals surface area contributed by atoms with E-state index in [1.54, 1.807) is 13.2 Å². The summed E-state index contributed by atoms with van der Waals surface area (Å²) in [6.07, 6.45) is 1.55. The van der Waals surface area contributed by atoms with Gasteiger partial charge < -0.3 is 10.1 Å². The Kier molecular flexibility index (Phi) is 4.35. The molecule has 3 rings (SSSR count). The topological polar surface area (TPSA) is 63.2 Å². The summed E-state index contributed by atoms with van der Waals surface area (Å²) in [4.78, 5) is 16.3. The summed E-state index contributed by atoms with van der Waals surface area (Å²) in [5.74, 6) is -0.239. The second-order valence-electron chi connectivity index (χ2n) is 5.11. The van der Waals surface area contributed by atoms with Crippen molar-refractivity contribution in [3.63, 3.8) is 0 Å². The Balaban J connectivity index is 1.61. The van der Waals surface area contributed by atoms with Gasteiger partial charge in [0, 0.05) is 12.5 Å². The van der Waals surface area contributed by atoms with Gasteiger partial charge in [-0.2, -0.15) is 0 Å². The number of aromatic nitrogens is 1. The standard InChI is InChI=1S/C15H16FN3O2S/c1-21-7-11-8-22-15(17-11)19-14(20)18-13-5-2-9-6-10(16)3-4-12(9)13/h3-4,6,8,13H,2,5,7H2,1H3,(H2,17,18,19,20)/t13-/m0/s1. The maximum Gasteiger partial charge on any atom is 0.321 e. The molecule has 1 atom stereocenters. The van der Waals surface area contributed by atoms with Crippen molar-refractivity contribution in [1.29, 1.82) is 0 Å². The van der Waals surface area contributed by atoms with Gasteiger partial charge in [-0.05, 0) is 36.1 Å². The molecule has 22 heavy (non-hydrogen) atoms. The van der Waals surface area contributed by atoms with Gasteiger partial charge in [-0.15, -0.1) is 11.3 Å². The number of benzene rings is 1. The van der Waals surface area contributed by atoms with Crippen LogP contribution in [-0.2, 0) is 17.8 Å². The maximum absolute atomic E-state index is 13.2. The molecule has 1 aliphatic carbocycles. The second-order valence-corrected chi connectivity index (χ2v) is 5.97. The van der Waals surface area contributed by atoms with E-state index in [1.807, 2.05) is 5.38 Å². The lowest BCUT2D eigenvalue weighted by Gasteiger charge is -2.14. The minimum absolute atomic E-state index is 0.0889. The van der Waals surface area contributed by atoms with Crippen molar-refractivity contribution in [2.75, 3.05) is 12.4 Å². The van der Waals surface area contributed by atoms with Crippen LogP contribution in [0.3, 0.4) is 0 Å². The number of amides is 2. The van der Waals surface area contributed by atoms with Crippen molar-refractivity contribution >= 4 is 22.5 Å². The Morgan fingerprint density at radius 3 is 3.23 bits per heavy atom. The lowest BCUT2D eigenvalue weighted by atomic mass is 10.1. The summed E-state index contributed by atoms with van der Waals surface area (Å²) in [7, 11) is 1.60. The molecule has 0 saturated heterocycles. The Bertz CT molecular complexity index is 689. The second kappa shape index (κ2) is 6.41. The van der Waals surface area contributed by atoms with Crippen molar-refractivity contribution in [3.05, 3.63) is 46.2 Å². The monoisotopic (exact) mass is 321 g/mol. The van der Waals surface area contributed by atoms with Gasteiger partial charge in [-0.1, -0.05) is 6.07 Å². The molecule has 0 radical (unpaired) electrons. The van der Waals surface area contributed by atoms with Gasteiger partial charge >= 0.3 is 6.03 Å². The number of carbonyl (C=O) groups is 1. The molecule has 0 bridgehead atoms. The number of fused-ring (bicyclic) bond motifs is 1. The van der Waals surface area contributed by atoms with E-state index in [0.29, 0.717) is 11.7 Å². The number of hydrogen-bond donors (Lipinski definition) is 2. The Hall–Kier alpha value is -1.99. The lowest BCUT2D eigenvalue weighted by molar-refractivity contribution is 0.182. The molecule has 1 aromatic heterocycles. The summed E-state index contributed by atoms with van der Waals surface area (Å²) < 4.78 is 18.2. The van der Waals surface area contributed by atoms with Crippen LogP contribution in [0.4, 0.5) is 14.3 Å². The highest BCUT2D eigenvalue weighted by atomic mass is 32.1. The fourth-order valence-corrected chi connectivity index (χ4v) is 3.30. The molecule has 2 amide bonds. The lowest BCUT2D eigenvalue weighted by Crippen LogP contribution is -2.31. The third-order valence-electron chi connectivity index (χ3n) is 3.55. The molecule has 1 aromatic carbocycles. The van der Waals surface area contributed by atoms with Crippen molar-refractivity contribution in [1.82, 2.24) is 10.3 Å². The van der Waals surface area contributed by atoms with Gasteiger partial charge in [-0.25, -0.2) is 14.2 Å². The molecule has 116 valence electrons. The summed E-state index contributed by atoms with van der Waals surface area (Å²) in [6.45, 7) is 0.418. The minimum Gasteiger partial charge on any atom is -0.378 e. The highest BCUT2D eigenvalue weighted by molar-refractivity contribution is 7.13. The Morgan fingerprint density at radius 1 is 1.55 bits per heavy atom. The van der Waals surface area contributed by atoms with Crippen LogP contribution in [0.25, 0.3) is 0 Å². The summed E-state index contributed by atoms with van der Waals surface area (Å²) >= 11 is 1.35. The number of carbonyl (C=O) groups excluding carboxylic acids is 1. The van der Waals surface area contributed by atoms with Gasteiger partial charge in [0.1, 0.15) is 5.82 Å². The molecule has 5 nitrogen and oxygen atoms in total. The predicted octanol–water partition coefficient (Wildman–Crippen LogP) is 3.24. The molecule has 0 unspecified atom stereocenters. The largest absolute Gasteiger partial charge is 0.378 e. The van der Waals surface area contributed by atoms with Crippen molar-refractivity contribution < 1.29 is 13.9 Å². The number of anilines is 1. The average molecular weight is 321 g/mol. The maximum atomic E-state index is 13.2. The third-order valence-corrected chi connectivity index (χ3v) is 4.36. The zero-order valence-electron chi connectivity index (χ0n) is 12.1. The molecule has 0 saturated carbocycles. The fraction of sp³-hybridized carbons (Fsp3) is 0.333. The van der Waals surface area contributed by atoms with Gasteiger partial charge in [0.2, 0.25) is 0 Å². The van der Waals surface area contributed by atoms with Crippen LogP contribution >= 0.6 is 11.3 Å². The molecule has 1 aliphatic rings. The number of halogens is 1. The zero-order chi connectivity index (χ0) is 15.5. The first-order chi connectivity index (χ1) is 10.7. The van der Waals surface area contributed by atoms with E-state index in [9.17, 15) is 9.18 Å². The van der Waals surface area contributed by atoms with Gasteiger partial charge in [0.05, 0.1) is 18.3 Å². The molecule has 0 spiro atoms. The number of rotatable bonds is 4. The van der Waals surface area contributed by atoms with Crippen LogP contribution < -0.4 is 10.6 Å². The number of urea groups is 1. The van der Waals surface area contributed by atoms with Gasteiger partial charge in [-0.3, -0.25) is 5.32 Å². The van der Waals surface area contributed by atoms with Gasteiger partial charge in [0.25, 0.3) is 0 Å². The first kappa shape index (κ1) is 14.9. The Morgan fingerprint density at radius 2 is 2.41 bits per heavy atom. The smallest absolute Gasteiger partial charge is 0.321 e. The van der Waals surface area contributed by atoms with Crippen molar-refractivity contribution in [2.45, 2.75) is 25.5 Å². The van der Waals surface area contributed by atoms with Crippen LogP contribution in [0.15, 0.2) is 23.6 Å². The highest BCUT2D eigenvalue weighted by Crippen LogP contribution is 2.31. The van der Waals surface area contributed by atoms with Gasteiger partial charge in [0.15, 0.2) is 5.13 Å². The molecule has 0 fully saturated rings. The van der Waals surface area contributed by atoms with E-state index < -0.39 is 0 Å². The third kappa shape index (κ3) is 3.26. The van der Waals surface area contributed by atoms with Crippen LogP contribution in [0.1, 0.15) is 29.3 Å². The first-order valence-electron chi connectivity index (χ1n) is 6.95. The van der Waals surface area contributed by atoms with Crippen molar-refractivity contribution in [2.24, 2.45) is 0 Å². The number of nitrogens with zero attached hydrogens (tertiary/aromatic N) is 1. The molecule has 2 N–H and O–H groups in total. The number of methoxy groups -OCH3 is 1. The van der Waals surface area contributed by atoms with E-state index >= 15 is 0 Å². The first-order valence-corrected chi connectivity index (χ1v) is 7.83. The molecule has 1 heterocycles. The van der Waals surface area contributed by atoms with Crippen LogP contribution in [0, 0.1) is 5.82 Å². The van der Waals surface area contributed by atoms with E-state index in [4.69, 9.17) is 4.74 Å². The Labute approximate surface area is 131 Å². The van der Waals surface area contributed by atoms with Crippen molar-refractivity contribution in [3.8, 4) is 0 Å². The highest BCUT2D eigenvalue weighted by Gasteiger charge is 2.24. The quantitative estimate of drug-likeness (QED) is 0.909. The van der Waals surface area contributed by atoms with Crippen LogP contribution in [-0.4, -0.2) is 18.1 Å². The fourth-order valence-electron chi connectivity index (χ4n) is 2.61. The molecule has 0 aliphatic heterocycles. The number of aryl methyl sites for hydroxylation is 1. The minimum atomic E-state index is -0.305. The van der Waals surface area contributed by atoms with E-state index in [0.717, 1.165) is 29.7 Å². The average Bonchev–Trinajstić information content (AvgIpc) is 3.07. The zero-order valence-corrected chi connectivity index (χ0v) is 12.9. The molecular weight excluding hydrogens is 305 g/mol. The molecular formula is C15H16FN3O2S. The van der Waals surface area contributed by atoms with E-state index in [2.05, 4.69) is 15.6 Å². The SMILES string of the molecule is COCc1csc(NC(=O)N[C@H]2CCc3cc(F)ccc32)n1. The predicted molar refractivity (Wildman–Crippen MR) is 82.4 cm³/mol.